The van der Waals surface area contributed by atoms with Crippen molar-refractivity contribution in [2.45, 2.75) is 32.4 Å². The lowest BCUT2D eigenvalue weighted by molar-refractivity contribution is -0.132. The molecule has 0 N–H and O–H groups in total. The van der Waals surface area contributed by atoms with Crippen LogP contribution in [0.25, 0.3) is 0 Å². The van der Waals surface area contributed by atoms with Crippen LogP contribution in [0.3, 0.4) is 0 Å². The van der Waals surface area contributed by atoms with Gasteiger partial charge in [0.05, 0.1) is 12.7 Å². The summed E-state index contributed by atoms with van der Waals surface area (Å²) < 4.78 is 11.0. The molecule has 5 heteroatoms. The van der Waals surface area contributed by atoms with Crippen LogP contribution in [0.1, 0.15) is 28.9 Å². The van der Waals surface area contributed by atoms with Crippen molar-refractivity contribution in [1.29, 1.82) is 0 Å². The van der Waals surface area contributed by atoms with Gasteiger partial charge in [-0.2, -0.15) is 0 Å². The standard InChI is InChI=1S/C22H22N2O3/c25-22(24-13-12-21-19(15-24)14-23-27-21)11-8-17-6-9-20(10-7-17)26-16-18-4-2-1-3-5-18/h1-7,9-10,14H,8,11-13,15-16H2. The molecule has 2 aromatic carbocycles. The van der Waals surface area contributed by atoms with Crippen LogP contribution in [0.5, 0.6) is 5.75 Å². The number of carbonyl (C=O) groups excluding carboxylic acids is 1. The van der Waals surface area contributed by atoms with E-state index in [-0.39, 0.29) is 5.91 Å². The zero-order valence-corrected chi connectivity index (χ0v) is 15.1. The summed E-state index contributed by atoms with van der Waals surface area (Å²) in [6.45, 7) is 1.86. The van der Waals surface area contributed by atoms with E-state index in [2.05, 4.69) is 5.16 Å². The highest BCUT2D eigenvalue weighted by Gasteiger charge is 2.23. The lowest BCUT2D eigenvalue weighted by Crippen LogP contribution is -2.35. The van der Waals surface area contributed by atoms with Crippen LogP contribution in [-0.2, 0) is 30.8 Å². The number of aromatic nitrogens is 1. The third-order valence-electron chi connectivity index (χ3n) is 4.85. The van der Waals surface area contributed by atoms with Gasteiger partial charge in [-0.3, -0.25) is 4.79 Å². The van der Waals surface area contributed by atoms with E-state index in [0.29, 0.717) is 26.1 Å². The summed E-state index contributed by atoms with van der Waals surface area (Å²) in [5.74, 6) is 1.92. The topological polar surface area (TPSA) is 55.6 Å². The van der Waals surface area contributed by atoms with Gasteiger partial charge in [0, 0.05) is 24.9 Å². The average molecular weight is 362 g/mol. The minimum atomic E-state index is 0.172. The van der Waals surface area contributed by atoms with Gasteiger partial charge in [-0.25, -0.2) is 0 Å². The second kappa shape index (κ2) is 8.08. The van der Waals surface area contributed by atoms with Crippen LogP contribution in [0.4, 0.5) is 0 Å². The first-order chi connectivity index (χ1) is 13.3. The van der Waals surface area contributed by atoms with Crippen LogP contribution in [0.15, 0.2) is 65.3 Å². The Hall–Kier alpha value is -3.08. The number of aryl methyl sites for hydroxylation is 1. The van der Waals surface area contributed by atoms with Crippen molar-refractivity contribution in [2.75, 3.05) is 6.54 Å². The van der Waals surface area contributed by atoms with Gasteiger partial charge in [-0.15, -0.1) is 0 Å². The Bertz CT molecular complexity index is 887. The SMILES string of the molecule is O=C(CCc1ccc(OCc2ccccc2)cc1)N1CCc2oncc2C1. The maximum Gasteiger partial charge on any atom is 0.223 e. The van der Waals surface area contributed by atoms with Gasteiger partial charge in [0.25, 0.3) is 0 Å². The fraction of sp³-hybridized carbons (Fsp3) is 0.273. The number of hydrogen-bond acceptors (Lipinski definition) is 4. The van der Waals surface area contributed by atoms with E-state index in [0.717, 1.165) is 41.0 Å². The molecule has 5 nitrogen and oxygen atoms in total. The minimum Gasteiger partial charge on any atom is -0.489 e. The van der Waals surface area contributed by atoms with Crippen LogP contribution >= 0.6 is 0 Å². The summed E-state index contributed by atoms with van der Waals surface area (Å²) in [7, 11) is 0. The smallest absolute Gasteiger partial charge is 0.223 e. The highest BCUT2D eigenvalue weighted by Crippen LogP contribution is 2.20. The quantitative estimate of drug-likeness (QED) is 0.670. The molecule has 1 aliphatic heterocycles. The Labute approximate surface area is 158 Å². The van der Waals surface area contributed by atoms with E-state index in [1.807, 2.05) is 59.5 Å². The molecular formula is C22H22N2O3. The molecule has 0 unspecified atom stereocenters. The van der Waals surface area contributed by atoms with Crippen LogP contribution < -0.4 is 4.74 Å². The zero-order chi connectivity index (χ0) is 18.5. The number of fused-ring (bicyclic) bond motifs is 1. The Morgan fingerprint density at radius 3 is 2.70 bits per heavy atom. The molecule has 4 rings (SSSR count). The first kappa shape index (κ1) is 17.3. The van der Waals surface area contributed by atoms with Gasteiger partial charge >= 0.3 is 0 Å². The summed E-state index contributed by atoms with van der Waals surface area (Å²) in [4.78, 5) is 14.4. The van der Waals surface area contributed by atoms with E-state index in [9.17, 15) is 4.79 Å². The van der Waals surface area contributed by atoms with E-state index in [4.69, 9.17) is 9.26 Å². The minimum absolute atomic E-state index is 0.172. The summed E-state index contributed by atoms with van der Waals surface area (Å²) in [6, 6.07) is 18.1. The molecule has 0 radical (unpaired) electrons. The summed E-state index contributed by atoms with van der Waals surface area (Å²) in [6.07, 6.45) is 3.69. The van der Waals surface area contributed by atoms with Crippen molar-refractivity contribution in [3.8, 4) is 5.75 Å². The molecule has 2 heterocycles. The Morgan fingerprint density at radius 1 is 1.07 bits per heavy atom. The van der Waals surface area contributed by atoms with Crippen molar-refractivity contribution >= 4 is 5.91 Å². The number of carbonyl (C=O) groups is 1. The molecule has 1 aromatic heterocycles. The maximum absolute atomic E-state index is 12.5. The molecule has 1 aliphatic rings. The second-order valence-electron chi connectivity index (χ2n) is 6.76. The van der Waals surface area contributed by atoms with Crippen molar-refractivity contribution in [1.82, 2.24) is 10.1 Å². The molecule has 0 fully saturated rings. The molecule has 3 aromatic rings. The lowest BCUT2D eigenvalue weighted by atomic mass is 10.1. The number of hydrogen-bond donors (Lipinski definition) is 0. The van der Waals surface area contributed by atoms with Gasteiger partial charge in [0.2, 0.25) is 5.91 Å². The normalized spacial score (nSPS) is 13.3. The predicted molar refractivity (Wildman–Crippen MR) is 101 cm³/mol. The summed E-state index contributed by atoms with van der Waals surface area (Å²) in [5, 5.41) is 3.81. The van der Waals surface area contributed by atoms with Gasteiger partial charge in [0.15, 0.2) is 0 Å². The summed E-state index contributed by atoms with van der Waals surface area (Å²) >= 11 is 0. The van der Waals surface area contributed by atoms with Gasteiger partial charge in [0.1, 0.15) is 18.1 Å². The maximum atomic E-state index is 12.5. The molecular weight excluding hydrogens is 340 g/mol. The van der Waals surface area contributed by atoms with Gasteiger partial charge in [-0.05, 0) is 29.7 Å². The van der Waals surface area contributed by atoms with Crippen LogP contribution in [-0.4, -0.2) is 22.5 Å². The Balaban J connectivity index is 1.26. The molecule has 138 valence electrons. The van der Waals surface area contributed by atoms with Gasteiger partial charge < -0.3 is 14.2 Å². The molecule has 0 saturated heterocycles. The van der Waals surface area contributed by atoms with Crippen LogP contribution in [0, 0.1) is 0 Å². The first-order valence-corrected chi connectivity index (χ1v) is 9.24. The van der Waals surface area contributed by atoms with Crippen molar-refractivity contribution < 1.29 is 14.1 Å². The Morgan fingerprint density at radius 2 is 1.89 bits per heavy atom. The number of amides is 1. The third kappa shape index (κ3) is 4.37. The number of ether oxygens (including phenoxy) is 1. The van der Waals surface area contributed by atoms with Gasteiger partial charge in [-0.1, -0.05) is 47.6 Å². The summed E-state index contributed by atoms with van der Waals surface area (Å²) in [5.41, 5.74) is 3.30. The fourth-order valence-electron chi connectivity index (χ4n) is 3.26. The lowest BCUT2D eigenvalue weighted by Gasteiger charge is -2.25. The molecule has 1 amide bonds. The van der Waals surface area contributed by atoms with E-state index in [1.165, 1.54) is 0 Å². The number of rotatable bonds is 6. The highest BCUT2D eigenvalue weighted by atomic mass is 16.5. The van der Waals surface area contributed by atoms with Crippen molar-refractivity contribution in [3.05, 3.63) is 83.2 Å². The monoisotopic (exact) mass is 362 g/mol. The molecule has 0 atom stereocenters. The second-order valence-corrected chi connectivity index (χ2v) is 6.76. The molecule has 0 spiro atoms. The Kier molecular flexibility index (Phi) is 5.19. The third-order valence-corrected chi connectivity index (χ3v) is 4.85. The van der Waals surface area contributed by atoms with Crippen LogP contribution in [0.2, 0.25) is 0 Å². The molecule has 0 bridgehead atoms. The molecule has 0 saturated carbocycles. The first-order valence-electron chi connectivity index (χ1n) is 9.24. The fourth-order valence-corrected chi connectivity index (χ4v) is 3.26. The zero-order valence-electron chi connectivity index (χ0n) is 15.1. The predicted octanol–water partition coefficient (Wildman–Crippen LogP) is 3.77. The number of nitrogens with zero attached hydrogens (tertiary/aromatic N) is 2. The molecule has 0 aliphatic carbocycles. The largest absolute Gasteiger partial charge is 0.489 e. The number of benzene rings is 2. The van der Waals surface area contributed by atoms with E-state index < -0.39 is 0 Å². The van der Waals surface area contributed by atoms with Crippen molar-refractivity contribution in [3.63, 3.8) is 0 Å². The van der Waals surface area contributed by atoms with E-state index in [1.54, 1.807) is 6.20 Å². The van der Waals surface area contributed by atoms with Crippen molar-refractivity contribution in [2.24, 2.45) is 0 Å². The molecule has 27 heavy (non-hydrogen) atoms. The highest BCUT2D eigenvalue weighted by molar-refractivity contribution is 5.76. The van der Waals surface area contributed by atoms with E-state index >= 15 is 0 Å². The average Bonchev–Trinajstić information content (AvgIpc) is 3.20.